The molecule has 15 nitrogen and oxygen atoms in total. The molecule has 6 rings (SSSR count). The third-order valence-electron chi connectivity index (χ3n) is 7.75. The molecule has 0 amide bonds. The van der Waals surface area contributed by atoms with Crippen LogP contribution in [0.3, 0.4) is 0 Å². The van der Waals surface area contributed by atoms with Gasteiger partial charge in [-0.1, -0.05) is 30.3 Å². The molecule has 0 atom stereocenters. The van der Waals surface area contributed by atoms with Gasteiger partial charge in [0.15, 0.2) is 11.4 Å². The minimum atomic E-state index is -4.84. The molecule has 0 heterocycles. The molecule has 0 fully saturated rings. The average Bonchev–Trinajstić information content (AvgIpc) is 3.07. The van der Waals surface area contributed by atoms with Crippen molar-refractivity contribution in [2.24, 2.45) is 10.2 Å². The first kappa shape index (κ1) is 38.1. The van der Waals surface area contributed by atoms with Crippen LogP contribution in [0.2, 0.25) is 0 Å². The molecule has 0 unspecified atom stereocenters. The van der Waals surface area contributed by atoms with E-state index in [1.165, 1.54) is 36.4 Å². The van der Waals surface area contributed by atoms with Gasteiger partial charge in [0.2, 0.25) is 11.6 Å². The summed E-state index contributed by atoms with van der Waals surface area (Å²) < 4.78 is 74.0. The van der Waals surface area contributed by atoms with Crippen LogP contribution in [0.1, 0.15) is 38.8 Å². The number of fused-ring (bicyclic) bond motifs is 2. The molecule has 4 aromatic carbocycles. The quantitative estimate of drug-likeness (QED) is 0.0617. The van der Waals surface area contributed by atoms with E-state index in [4.69, 9.17) is 16.2 Å². The zero-order chi connectivity index (χ0) is 36.7. The topological polar surface area (TPSA) is 253 Å². The van der Waals surface area contributed by atoms with E-state index in [0.717, 1.165) is 12.2 Å². The number of ether oxygens (including phenoxy) is 1. The van der Waals surface area contributed by atoms with Gasteiger partial charge in [-0.25, -0.2) is 0 Å². The van der Waals surface area contributed by atoms with Crippen molar-refractivity contribution in [2.45, 2.75) is 6.92 Å². The van der Waals surface area contributed by atoms with Crippen molar-refractivity contribution < 1.29 is 69.8 Å². The van der Waals surface area contributed by atoms with E-state index in [2.05, 4.69) is 21.1 Å². The third-order valence-corrected chi connectivity index (χ3v) is 9.49. The summed E-state index contributed by atoms with van der Waals surface area (Å²) in [4.78, 5) is 25.0. The average molecular weight is 752 g/mol. The van der Waals surface area contributed by atoms with Gasteiger partial charge in [0.05, 0.1) is 18.0 Å². The summed E-state index contributed by atoms with van der Waals surface area (Å²) in [5, 5.41) is 8.06. The van der Waals surface area contributed by atoms with Crippen LogP contribution in [0, 0.1) is 0 Å². The monoisotopic (exact) mass is 751 g/mol. The van der Waals surface area contributed by atoms with Gasteiger partial charge >= 0.3 is 29.6 Å². The van der Waals surface area contributed by atoms with Crippen LogP contribution < -0.4 is 56.6 Å². The molecular weight excluding hydrogens is 724 g/mol. The van der Waals surface area contributed by atoms with Crippen LogP contribution in [-0.4, -0.2) is 55.5 Å². The maximum absolute atomic E-state index is 13.2. The number of benzene rings is 4. The fraction of sp³-hybridized carbons (Fsp3) is 0.0588. The SMILES string of the molecule is CCOc1cc(-c2ccc(N/N=C3\C(=O)c4cc(N)ccc4C=C3S(=O)(=O)O)cc2)ccc1N/N=C1/C(=O)c2cc(N)ccc2C=C1S(=O)(=O)O.[Na+]. The number of nitrogens with zero attached hydrogens (tertiary/aromatic N) is 2. The normalized spacial score (nSPS) is 15.6. The van der Waals surface area contributed by atoms with Crippen LogP contribution in [0.5, 0.6) is 5.75 Å². The van der Waals surface area contributed by atoms with Crippen LogP contribution in [0.15, 0.2) is 98.9 Å². The van der Waals surface area contributed by atoms with E-state index in [1.807, 2.05) is 0 Å². The van der Waals surface area contributed by atoms with Crippen molar-refractivity contribution in [1.82, 2.24) is 0 Å². The number of hydrogen-bond acceptors (Lipinski definition) is 13. The van der Waals surface area contributed by atoms with E-state index in [0.29, 0.717) is 22.6 Å². The number of carbonyl (C=O) groups is 2. The first-order valence-corrected chi connectivity index (χ1v) is 17.8. The molecule has 260 valence electrons. The van der Waals surface area contributed by atoms with Gasteiger partial charge in [-0.2, -0.15) is 27.0 Å². The van der Waals surface area contributed by atoms with Crippen LogP contribution in [0.4, 0.5) is 22.7 Å². The number of anilines is 4. The molecule has 0 radical (unpaired) electrons. The number of nitrogen functional groups attached to an aromatic ring is 2. The van der Waals surface area contributed by atoms with E-state index in [1.54, 1.807) is 49.4 Å². The standard InChI is InChI=1S/C34H28N6O9S2.Na/c1-2-49-28-13-19(7-12-27(28)38-40-32-30(51(46,47)48)15-21-4-9-23(36)17-26(21)34(32)42)18-5-10-24(11-6-18)37-39-31-29(50(43,44)45)14-20-3-8-22(35)16-25(20)33(31)41;/h3-17,37-38H,2,35-36H2,1H3,(H,43,44,45)(H,46,47,48);/q;+1/b39-31-,40-32+;. The first-order chi connectivity index (χ1) is 24.1. The van der Waals surface area contributed by atoms with E-state index in [-0.39, 0.29) is 75.5 Å². The Morgan fingerprint density at radius 2 is 1.15 bits per heavy atom. The Morgan fingerprint density at radius 3 is 1.63 bits per heavy atom. The number of ketones is 2. The van der Waals surface area contributed by atoms with Gasteiger partial charge in [0.1, 0.15) is 15.6 Å². The van der Waals surface area contributed by atoms with Gasteiger partial charge in [0, 0.05) is 22.5 Å². The summed E-state index contributed by atoms with van der Waals surface area (Å²) in [5.74, 6) is -1.20. The summed E-state index contributed by atoms with van der Waals surface area (Å²) in [6, 6.07) is 20.4. The van der Waals surface area contributed by atoms with Crippen molar-refractivity contribution in [1.29, 1.82) is 0 Å². The fourth-order valence-electron chi connectivity index (χ4n) is 5.34. The van der Waals surface area contributed by atoms with Gasteiger partial charge in [-0.15, -0.1) is 0 Å². The Hall–Kier alpha value is -5.14. The zero-order valence-corrected chi connectivity index (χ0v) is 31.1. The van der Waals surface area contributed by atoms with E-state index < -0.39 is 53.0 Å². The molecule has 2 aliphatic rings. The molecule has 18 heteroatoms. The second-order valence-corrected chi connectivity index (χ2v) is 14.0. The van der Waals surface area contributed by atoms with Crippen LogP contribution >= 0.6 is 0 Å². The van der Waals surface area contributed by atoms with Crippen molar-refractivity contribution in [3.63, 3.8) is 0 Å². The van der Waals surface area contributed by atoms with Crippen molar-refractivity contribution in [3.05, 3.63) is 111 Å². The number of rotatable bonds is 9. The molecule has 0 saturated heterocycles. The molecule has 52 heavy (non-hydrogen) atoms. The second kappa shape index (κ2) is 14.8. The molecule has 0 bridgehead atoms. The number of nitrogens with two attached hydrogens (primary N) is 2. The van der Waals surface area contributed by atoms with Gasteiger partial charge < -0.3 is 16.2 Å². The van der Waals surface area contributed by atoms with Crippen LogP contribution in [0.25, 0.3) is 23.3 Å². The summed E-state index contributed by atoms with van der Waals surface area (Å²) in [7, 11) is -9.64. The number of allylic oxidation sites excluding steroid dienone is 2. The Balaban J connectivity index is 0.00000523. The summed E-state index contributed by atoms with van der Waals surface area (Å²) in [6.07, 6.45) is 2.28. The Kier molecular flexibility index (Phi) is 10.9. The molecule has 4 aromatic rings. The molecule has 8 N–H and O–H groups in total. The van der Waals surface area contributed by atoms with E-state index in [9.17, 15) is 35.5 Å². The third kappa shape index (κ3) is 7.85. The van der Waals surface area contributed by atoms with Crippen LogP contribution in [-0.2, 0) is 20.2 Å². The predicted octanol–water partition coefficient (Wildman–Crippen LogP) is 1.71. The minimum Gasteiger partial charge on any atom is -0.492 e. The number of Topliss-reactive ketones (excluding diaryl/α,β-unsaturated/α-hetero) is 2. The largest absolute Gasteiger partial charge is 1.00 e. The summed E-state index contributed by atoms with van der Waals surface area (Å²) >= 11 is 0. The maximum atomic E-state index is 13.2. The zero-order valence-electron chi connectivity index (χ0n) is 27.5. The predicted molar refractivity (Wildman–Crippen MR) is 195 cm³/mol. The number of hydrazone groups is 2. The number of hydrogen-bond donors (Lipinski definition) is 6. The van der Waals surface area contributed by atoms with Gasteiger partial charge in [-0.05, 0) is 89.9 Å². The van der Waals surface area contributed by atoms with Gasteiger partial charge in [0.25, 0.3) is 20.2 Å². The number of nitrogens with one attached hydrogen (secondary N) is 2. The fourth-order valence-corrected chi connectivity index (χ4v) is 6.66. The van der Waals surface area contributed by atoms with Gasteiger partial charge in [-0.3, -0.25) is 29.5 Å². The molecule has 0 aliphatic heterocycles. The molecule has 0 saturated carbocycles. The Bertz CT molecular complexity index is 2500. The van der Waals surface area contributed by atoms with E-state index >= 15 is 0 Å². The van der Waals surface area contributed by atoms with Crippen molar-refractivity contribution in [3.8, 4) is 16.9 Å². The molecular formula is C34H28N6NaO9S2+. The number of carbonyl (C=O) groups excluding carboxylic acids is 2. The van der Waals surface area contributed by atoms with Crippen molar-refractivity contribution in [2.75, 3.05) is 28.9 Å². The maximum Gasteiger partial charge on any atom is 1.00 e. The minimum absolute atomic E-state index is 0. The Morgan fingerprint density at radius 1 is 0.673 bits per heavy atom. The molecule has 2 aliphatic carbocycles. The smallest absolute Gasteiger partial charge is 0.492 e. The molecule has 0 aromatic heterocycles. The first-order valence-electron chi connectivity index (χ1n) is 15.0. The molecule has 0 spiro atoms. The second-order valence-electron chi connectivity index (χ2n) is 11.2. The summed E-state index contributed by atoms with van der Waals surface area (Å²) in [6.45, 7) is 2.00. The summed E-state index contributed by atoms with van der Waals surface area (Å²) in [5.41, 5.74) is 19.3. The Labute approximate surface area is 319 Å². The van der Waals surface area contributed by atoms with Crippen molar-refractivity contribution >= 4 is 78.1 Å².